The van der Waals surface area contributed by atoms with E-state index >= 15 is 0 Å². The van der Waals surface area contributed by atoms with Gasteiger partial charge < -0.3 is 11.5 Å². The monoisotopic (exact) mass is 128 g/mol. The maximum atomic E-state index is 10.5. The molecule has 0 aromatic rings. The fourth-order valence-electron chi connectivity index (χ4n) is 1.27. The molecule has 9 heavy (non-hydrogen) atoms. The fraction of sp³-hybridized carbons (Fsp3) is 0.833. The summed E-state index contributed by atoms with van der Waals surface area (Å²) in [6.45, 7) is 0. The van der Waals surface area contributed by atoms with E-state index in [0.29, 0.717) is 0 Å². The lowest BCUT2D eigenvalue weighted by Gasteiger charge is -2.01. The molecule has 0 aromatic heterocycles. The second-order valence-electron chi connectivity index (χ2n) is 2.67. The fourth-order valence-corrected chi connectivity index (χ4v) is 1.27. The third kappa shape index (κ3) is 1.42. The zero-order valence-electron chi connectivity index (χ0n) is 5.34. The Hall–Kier alpha value is -0.570. The first kappa shape index (κ1) is 6.55. The summed E-state index contributed by atoms with van der Waals surface area (Å²) in [4.78, 5) is 10.5. The van der Waals surface area contributed by atoms with Crippen molar-refractivity contribution >= 4 is 5.91 Å². The molecule has 0 aromatic carbocycles. The second-order valence-corrected chi connectivity index (χ2v) is 2.67. The van der Waals surface area contributed by atoms with E-state index in [-0.39, 0.29) is 17.9 Å². The van der Waals surface area contributed by atoms with Crippen LogP contribution in [0.4, 0.5) is 0 Å². The molecule has 0 spiro atoms. The van der Waals surface area contributed by atoms with Gasteiger partial charge in [0.25, 0.3) is 0 Å². The molecule has 3 nitrogen and oxygen atoms in total. The minimum absolute atomic E-state index is 0.0556. The SMILES string of the molecule is NC(=O)C1CCC(N)C1. The molecule has 2 atom stereocenters. The molecule has 1 aliphatic rings. The number of nitrogens with two attached hydrogens (primary N) is 2. The number of hydrogen-bond donors (Lipinski definition) is 2. The number of amides is 1. The van der Waals surface area contributed by atoms with Crippen LogP contribution >= 0.6 is 0 Å². The lowest BCUT2D eigenvalue weighted by atomic mass is 10.1. The number of primary amides is 1. The molecule has 1 aliphatic carbocycles. The van der Waals surface area contributed by atoms with Crippen molar-refractivity contribution in [3.63, 3.8) is 0 Å². The van der Waals surface area contributed by atoms with Gasteiger partial charge in [-0.25, -0.2) is 0 Å². The number of carbonyl (C=O) groups excluding carboxylic acids is 1. The Balaban J connectivity index is 2.39. The minimum Gasteiger partial charge on any atom is -0.369 e. The van der Waals surface area contributed by atoms with Crippen molar-refractivity contribution in [1.82, 2.24) is 0 Å². The maximum absolute atomic E-state index is 10.5. The quantitative estimate of drug-likeness (QED) is 0.504. The number of carbonyl (C=O) groups is 1. The largest absolute Gasteiger partial charge is 0.369 e. The second kappa shape index (κ2) is 2.35. The summed E-state index contributed by atoms with van der Waals surface area (Å²) in [6.07, 6.45) is 2.62. The molecule has 0 radical (unpaired) electrons. The first-order valence-corrected chi connectivity index (χ1v) is 3.25. The predicted octanol–water partition coefficient (Wildman–Crippen LogP) is -0.401. The first-order valence-electron chi connectivity index (χ1n) is 3.25. The zero-order chi connectivity index (χ0) is 6.85. The topological polar surface area (TPSA) is 69.1 Å². The van der Waals surface area contributed by atoms with Gasteiger partial charge in [-0.15, -0.1) is 0 Å². The lowest BCUT2D eigenvalue weighted by Crippen LogP contribution is -2.23. The van der Waals surface area contributed by atoms with Crippen LogP contribution in [-0.2, 0) is 4.79 Å². The van der Waals surface area contributed by atoms with Crippen LogP contribution in [0.5, 0.6) is 0 Å². The van der Waals surface area contributed by atoms with Crippen LogP contribution in [0.1, 0.15) is 19.3 Å². The van der Waals surface area contributed by atoms with Crippen LogP contribution in [0.3, 0.4) is 0 Å². The van der Waals surface area contributed by atoms with Crippen molar-refractivity contribution < 1.29 is 4.79 Å². The van der Waals surface area contributed by atoms with E-state index in [1.807, 2.05) is 0 Å². The molecule has 3 heteroatoms. The van der Waals surface area contributed by atoms with Crippen molar-refractivity contribution in [3.8, 4) is 0 Å². The molecule has 1 rings (SSSR count). The number of rotatable bonds is 1. The molecule has 1 fully saturated rings. The van der Waals surface area contributed by atoms with Gasteiger partial charge in [-0.3, -0.25) is 4.79 Å². The predicted molar refractivity (Wildman–Crippen MR) is 34.5 cm³/mol. The van der Waals surface area contributed by atoms with Gasteiger partial charge in [-0.2, -0.15) is 0 Å². The van der Waals surface area contributed by atoms with E-state index in [9.17, 15) is 4.79 Å². The molecule has 0 aliphatic heterocycles. The molecule has 0 heterocycles. The molecule has 4 N–H and O–H groups in total. The summed E-state index contributed by atoms with van der Waals surface area (Å²) in [7, 11) is 0. The summed E-state index contributed by atoms with van der Waals surface area (Å²) in [5.74, 6) is -0.136. The van der Waals surface area contributed by atoms with Gasteiger partial charge in [0.1, 0.15) is 0 Å². The van der Waals surface area contributed by atoms with Crippen LogP contribution in [0.25, 0.3) is 0 Å². The number of hydrogen-bond acceptors (Lipinski definition) is 2. The van der Waals surface area contributed by atoms with Crippen LogP contribution in [-0.4, -0.2) is 11.9 Å². The lowest BCUT2D eigenvalue weighted by molar-refractivity contribution is -0.121. The van der Waals surface area contributed by atoms with Gasteiger partial charge in [0.05, 0.1) is 0 Å². The van der Waals surface area contributed by atoms with Crippen LogP contribution in [0.15, 0.2) is 0 Å². The van der Waals surface area contributed by atoms with E-state index in [4.69, 9.17) is 11.5 Å². The Bertz CT molecular complexity index is 124. The van der Waals surface area contributed by atoms with Crippen LogP contribution in [0, 0.1) is 5.92 Å². The highest BCUT2D eigenvalue weighted by molar-refractivity contribution is 5.76. The molecule has 0 bridgehead atoms. The minimum atomic E-state index is -0.192. The third-order valence-corrected chi connectivity index (χ3v) is 1.88. The summed E-state index contributed by atoms with van der Waals surface area (Å²) >= 11 is 0. The Morgan fingerprint density at radius 3 is 2.33 bits per heavy atom. The first-order chi connectivity index (χ1) is 4.20. The van der Waals surface area contributed by atoms with Crippen LogP contribution < -0.4 is 11.5 Å². The van der Waals surface area contributed by atoms with E-state index < -0.39 is 0 Å². The molecule has 52 valence electrons. The van der Waals surface area contributed by atoms with Crippen molar-refractivity contribution in [3.05, 3.63) is 0 Å². The molecular weight excluding hydrogens is 116 g/mol. The van der Waals surface area contributed by atoms with E-state index in [2.05, 4.69) is 0 Å². The third-order valence-electron chi connectivity index (χ3n) is 1.88. The Morgan fingerprint density at radius 2 is 2.11 bits per heavy atom. The van der Waals surface area contributed by atoms with Crippen molar-refractivity contribution in [2.45, 2.75) is 25.3 Å². The maximum Gasteiger partial charge on any atom is 0.220 e. The van der Waals surface area contributed by atoms with Gasteiger partial charge in [-0.05, 0) is 19.3 Å². The Kier molecular flexibility index (Phi) is 1.71. The highest BCUT2D eigenvalue weighted by Gasteiger charge is 2.25. The van der Waals surface area contributed by atoms with Gasteiger partial charge in [0.15, 0.2) is 0 Å². The average Bonchev–Trinajstić information content (AvgIpc) is 2.14. The van der Waals surface area contributed by atoms with E-state index in [1.54, 1.807) is 0 Å². The smallest absolute Gasteiger partial charge is 0.220 e. The zero-order valence-corrected chi connectivity index (χ0v) is 5.34. The van der Waals surface area contributed by atoms with Gasteiger partial charge in [0.2, 0.25) is 5.91 Å². The standard InChI is InChI=1S/C6H12N2O/c7-5-2-1-4(3-5)6(8)9/h4-5H,1-3,7H2,(H2,8,9). The summed E-state index contributed by atoms with van der Waals surface area (Å²) < 4.78 is 0. The van der Waals surface area contributed by atoms with Crippen molar-refractivity contribution in [1.29, 1.82) is 0 Å². The van der Waals surface area contributed by atoms with E-state index in [1.165, 1.54) is 0 Å². The highest BCUT2D eigenvalue weighted by atomic mass is 16.1. The van der Waals surface area contributed by atoms with Gasteiger partial charge >= 0.3 is 0 Å². The summed E-state index contributed by atoms with van der Waals surface area (Å²) in [5, 5.41) is 0. The average molecular weight is 128 g/mol. The van der Waals surface area contributed by atoms with E-state index in [0.717, 1.165) is 19.3 Å². The molecular formula is C6H12N2O. The molecule has 1 saturated carbocycles. The summed E-state index contributed by atoms with van der Waals surface area (Å²) in [5.41, 5.74) is 10.6. The molecule has 2 unspecified atom stereocenters. The van der Waals surface area contributed by atoms with Crippen LogP contribution in [0.2, 0.25) is 0 Å². The summed E-state index contributed by atoms with van der Waals surface area (Å²) in [6, 6.07) is 0.211. The normalized spacial score (nSPS) is 34.8. The molecule has 1 amide bonds. The van der Waals surface area contributed by atoms with Crippen molar-refractivity contribution in [2.24, 2.45) is 17.4 Å². The Morgan fingerprint density at radius 1 is 1.44 bits per heavy atom. The van der Waals surface area contributed by atoms with Gasteiger partial charge in [-0.1, -0.05) is 0 Å². The highest BCUT2D eigenvalue weighted by Crippen LogP contribution is 2.22. The van der Waals surface area contributed by atoms with Gasteiger partial charge in [0, 0.05) is 12.0 Å². The van der Waals surface area contributed by atoms with Crippen molar-refractivity contribution in [2.75, 3.05) is 0 Å². The Labute approximate surface area is 54.4 Å². The molecule has 0 saturated heterocycles.